The minimum absolute atomic E-state index is 0.302. The number of nitrogens with one attached hydrogen (secondary N) is 1. The fraction of sp³-hybridized carbons (Fsp3) is 0.581. The van der Waals surface area contributed by atoms with Crippen LogP contribution in [0.2, 0.25) is 5.15 Å². The van der Waals surface area contributed by atoms with E-state index in [0.717, 1.165) is 30.3 Å². The fourth-order valence-corrected chi connectivity index (χ4v) is 4.86. The summed E-state index contributed by atoms with van der Waals surface area (Å²) in [5.74, 6) is 1.16. The summed E-state index contributed by atoms with van der Waals surface area (Å²) in [6, 6.07) is 3.45. The number of anilines is 1. The van der Waals surface area contributed by atoms with Gasteiger partial charge in [-0.15, -0.1) is 10.2 Å². The number of rotatable bonds is 11. The van der Waals surface area contributed by atoms with E-state index in [1.165, 1.54) is 75.8 Å². The molecule has 0 radical (unpaired) electrons. The Bertz CT molecular complexity index is 1190. The molecule has 1 aliphatic carbocycles. The second-order valence-corrected chi connectivity index (χ2v) is 11.0. The third kappa shape index (κ3) is 12.3. The van der Waals surface area contributed by atoms with Crippen molar-refractivity contribution in [2.24, 2.45) is 5.92 Å². The summed E-state index contributed by atoms with van der Waals surface area (Å²) in [5.41, 5.74) is 2.44. The van der Waals surface area contributed by atoms with E-state index in [0.29, 0.717) is 38.8 Å². The number of halogens is 1. The van der Waals surface area contributed by atoms with Gasteiger partial charge in [-0.1, -0.05) is 76.3 Å². The van der Waals surface area contributed by atoms with Gasteiger partial charge in [0.25, 0.3) is 5.91 Å². The number of amides is 1. The molecule has 1 saturated carbocycles. The molecule has 9 nitrogen and oxygen atoms in total. The Kier molecular flexibility index (Phi) is 18.8. The number of aliphatic hydroxyl groups is 1. The van der Waals surface area contributed by atoms with Crippen LogP contribution in [-0.2, 0) is 4.74 Å². The first-order valence-corrected chi connectivity index (χ1v) is 15.9. The summed E-state index contributed by atoms with van der Waals surface area (Å²) in [6.07, 6.45) is 12.9. The molecule has 1 atom stereocenters. The number of hydrogen-bond donors (Lipinski definition) is 2. The minimum atomic E-state index is -0.339. The van der Waals surface area contributed by atoms with Gasteiger partial charge < -0.3 is 14.6 Å². The maximum Gasteiger partial charge on any atom is 0.259 e. The Morgan fingerprint density at radius 1 is 1.12 bits per heavy atom. The minimum Gasteiger partial charge on any atom is -0.494 e. The Balaban J connectivity index is 0.000000438. The predicted octanol–water partition coefficient (Wildman–Crippen LogP) is 7.93. The molecule has 4 rings (SSSR count). The first kappa shape index (κ1) is 37.4. The lowest BCUT2D eigenvalue weighted by Gasteiger charge is -2.29. The molecule has 1 aliphatic rings. The van der Waals surface area contributed by atoms with Gasteiger partial charge in [0.1, 0.15) is 15.9 Å². The number of pyridine rings is 2. The molecule has 3 heterocycles. The van der Waals surface area contributed by atoms with E-state index in [1.54, 1.807) is 12.1 Å². The highest BCUT2D eigenvalue weighted by Gasteiger charge is 2.21. The Morgan fingerprint density at radius 3 is 2.38 bits per heavy atom. The van der Waals surface area contributed by atoms with Crippen LogP contribution in [0, 0.1) is 19.8 Å². The number of aryl methyl sites for hydroxylation is 2. The molecule has 1 fully saturated rings. The highest BCUT2D eigenvalue weighted by molar-refractivity contribution is 7.15. The average molecular weight is 622 g/mol. The number of unbranched alkanes of at least 4 members (excludes halogenated alkanes) is 1. The van der Waals surface area contributed by atoms with Crippen LogP contribution in [-0.4, -0.2) is 58.1 Å². The predicted molar refractivity (Wildman–Crippen MR) is 173 cm³/mol. The van der Waals surface area contributed by atoms with E-state index in [-0.39, 0.29) is 5.91 Å². The number of hydrogen-bond acceptors (Lipinski definition) is 9. The van der Waals surface area contributed by atoms with Gasteiger partial charge in [-0.25, -0.2) is 4.98 Å². The molecule has 3 aromatic rings. The number of aliphatic hydroxyl groups excluding tert-OH is 1. The SMILES string of the molecule is CC.CCCCOC(CC)CC1CCC1.CO.COc1cnc(Cl)cc1-c1cc(C)ncc1C(=O)Nc1nnc(C)s1. The molecule has 0 bridgehead atoms. The number of carbonyl (C=O) groups excluding carboxylic acids is 1. The molecule has 3 aromatic heterocycles. The van der Waals surface area contributed by atoms with E-state index < -0.39 is 0 Å². The van der Waals surface area contributed by atoms with E-state index in [1.807, 2.05) is 27.7 Å². The summed E-state index contributed by atoms with van der Waals surface area (Å²) >= 11 is 7.32. The van der Waals surface area contributed by atoms with Crippen molar-refractivity contribution in [3.8, 4) is 16.9 Å². The molecule has 0 aromatic carbocycles. The van der Waals surface area contributed by atoms with Gasteiger partial charge in [0.15, 0.2) is 0 Å². The molecule has 234 valence electrons. The second kappa shape index (κ2) is 21.1. The lowest BCUT2D eigenvalue weighted by atomic mass is 9.81. The summed E-state index contributed by atoms with van der Waals surface area (Å²) in [6.45, 7) is 13.1. The summed E-state index contributed by atoms with van der Waals surface area (Å²) in [5, 5.41) is 19.0. The highest BCUT2D eigenvalue weighted by atomic mass is 35.5. The largest absolute Gasteiger partial charge is 0.494 e. The lowest BCUT2D eigenvalue weighted by molar-refractivity contribution is 0.0227. The van der Waals surface area contributed by atoms with E-state index in [4.69, 9.17) is 26.2 Å². The number of ether oxygens (including phenoxy) is 2. The molecular weight excluding hydrogens is 574 g/mol. The van der Waals surface area contributed by atoms with Gasteiger partial charge in [0.05, 0.1) is 25.0 Å². The first-order valence-electron chi connectivity index (χ1n) is 14.7. The summed E-state index contributed by atoms with van der Waals surface area (Å²) < 4.78 is 11.2. The fourth-order valence-electron chi connectivity index (χ4n) is 4.11. The monoisotopic (exact) mass is 621 g/mol. The van der Waals surface area contributed by atoms with Gasteiger partial charge in [-0.05, 0) is 51.2 Å². The van der Waals surface area contributed by atoms with Crippen LogP contribution in [0.1, 0.15) is 93.7 Å². The van der Waals surface area contributed by atoms with Gasteiger partial charge in [0.2, 0.25) is 5.13 Å². The van der Waals surface area contributed by atoms with Crippen molar-refractivity contribution in [2.75, 3.05) is 26.1 Å². The summed E-state index contributed by atoms with van der Waals surface area (Å²) in [4.78, 5) is 21.0. The average Bonchev–Trinajstić information content (AvgIpc) is 3.40. The molecule has 0 saturated heterocycles. The molecule has 42 heavy (non-hydrogen) atoms. The van der Waals surface area contributed by atoms with Crippen molar-refractivity contribution in [1.82, 2.24) is 20.2 Å². The Morgan fingerprint density at radius 2 is 1.83 bits per heavy atom. The van der Waals surface area contributed by atoms with Gasteiger partial charge in [-0.3, -0.25) is 15.1 Å². The van der Waals surface area contributed by atoms with E-state index in [9.17, 15) is 4.79 Å². The van der Waals surface area contributed by atoms with Crippen molar-refractivity contribution < 1.29 is 19.4 Å². The van der Waals surface area contributed by atoms with Crippen molar-refractivity contribution in [2.45, 2.75) is 92.6 Å². The van der Waals surface area contributed by atoms with Crippen LogP contribution in [0.25, 0.3) is 11.1 Å². The Labute approximate surface area is 260 Å². The molecule has 0 aliphatic heterocycles. The third-order valence-electron chi connectivity index (χ3n) is 6.50. The zero-order valence-electron chi connectivity index (χ0n) is 26.4. The molecular formula is C31H48ClN5O4S. The zero-order chi connectivity index (χ0) is 31.5. The van der Waals surface area contributed by atoms with Gasteiger partial charge in [0, 0.05) is 36.7 Å². The van der Waals surface area contributed by atoms with E-state index >= 15 is 0 Å². The molecule has 11 heteroatoms. The normalized spacial score (nSPS) is 12.7. The van der Waals surface area contributed by atoms with E-state index in [2.05, 4.69) is 39.3 Å². The highest BCUT2D eigenvalue weighted by Crippen LogP contribution is 2.34. The number of aromatic nitrogens is 4. The number of nitrogens with zero attached hydrogens (tertiary/aromatic N) is 4. The van der Waals surface area contributed by atoms with Gasteiger partial charge in [-0.2, -0.15) is 0 Å². The van der Waals surface area contributed by atoms with Crippen LogP contribution < -0.4 is 10.1 Å². The van der Waals surface area contributed by atoms with Crippen molar-refractivity contribution in [3.63, 3.8) is 0 Å². The smallest absolute Gasteiger partial charge is 0.259 e. The summed E-state index contributed by atoms with van der Waals surface area (Å²) in [7, 11) is 2.53. The second-order valence-electron chi connectivity index (χ2n) is 9.45. The molecule has 2 N–H and O–H groups in total. The number of methoxy groups -OCH3 is 1. The van der Waals surface area contributed by atoms with Crippen molar-refractivity contribution in [3.05, 3.63) is 45.9 Å². The van der Waals surface area contributed by atoms with Crippen LogP contribution in [0.15, 0.2) is 24.5 Å². The van der Waals surface area contributed by atoms with Crippen LogP contribution in [0.3, 0.4) is 0 Å². The molecule has 0 spiro atoms. The van der Waals surface area contributed by atoms with Crippen molar-refractivity contribution >= 4 is 34.0 Å². The molecule has 1 unspecified atom stereocenters. The van der Waals surface area contributed by atoms with Crippen LogP contribution in [0.5, 0.6) is 5.75 Å². The Hall–Kier alpha value is -2.66. The maximum atomic E-state index is 12.7. The van der Waals surface area contributed by atoms with Gasteiger partial charge >= 0.3 is 0 Å². The third-order valence-corrected chi connectivity index (χ3v) is 7.46. The first-order chi connectivity index (χ1) is 20.3. The topological polar surface area (TPSA) is 119 Å². The standard InChI is InChI=1S/C16H14ClN5O2S.C12H24O.C2H6.CH4O/c1-8-4-10(11-5-14(17)19-7-13(11)24-3)12(6-18-8)15(23)20-16-22-21-9(2)25-16;1-3-5-9-13-12(4-2)10-11-7-6-8-11;2*1-2/h4-7H,1-3H3,(H,20,22,23);11-12H,3-10H2,1-2H3;1-2H3;2H,1H3. The lowest BCUT2D eigenvalue weighted by Crippen LogP contribution is -2.21. The quantitative estimate of drug-likeness (QED) is 0.164. The zero-order valence-corrected chi connectivity index (χ0v) is 27.9. The van der Waals surface area contributed by atoms with Crippen LogP contribution >= 0.6 is 22.9 Å². The maximum absolute atomic E-state index is 12.7. The van der Waals surface area contributed by atoms with Crippen molar-refractivity contribution in [1.29, 1.82) is 0 Å². The van der Waals surface area contributed by atoms with Crippen LogP contribution in [0.4, 0.5) is 5.13 Å². The molecule has 1 amide bonds. The number of carbonyl (C=O) groups is 1.